The number of fused-ring (bicyclic) bond motifs is 1. The van der Waals surface area contributed by atoms with Gasteiger partial charge in [0.15, 0.2) is 11.2 Å². The van der Waals surface area contributed by atoms with Crippen LogP contribution >= 0.6 is 11.6 Å². The topological polar surface area (TPSA) is 52.8 Å². The molecule has 20 heavy (non-hydrogen) atoms. The number of rotatable bonds is 4. The Morgan fingerprint density at radius 1 is 1.20 bits per heavy atom. The maximum Gasteiger partial charge on any atom is 0.245 e. The van der Waals surface area contributed by atoms with E-state index in [1.807, 2.05) is 22.8 Å². The monoisotopic (exact) mass is 288 g/mol. The van der Waals surface area contributed by atoms with Crippen molar-refractivity contribution in [2.45, 2.75) is 12.4 Å². The number of methoxy groups -OCH3 is 1. The standard InChI is InChI=1S/C14H13ClN4O/c1-20-14-12-13(16-9-17-14)19(11(7-15)18-12)8-10-5-3-2-4-6-10/h2-6,9H,7-8H2,1H3. The molecule has 102 valence electrons. The molecule has 0 fully saturated rings. The molecule has 2 aromatic heterocycles. The zero-order valence-corrected chi connectivity index (χ0v) is 11.7. The van der Waals surface area contributed by atoms with Gasteiger partial charge in [-0.25, -0.2) is 9.97 Å². The van der Waals surface area contributed by atoms with Crippen LogP contribution in [0, 0.1) is 0 Å². The first-order valence-corrected chi connectivity index (χ1v) is 6.71. The molecule has 0 atom stereocenters. The molecule has 0 aliphatic heterocycles. The SMILES string of the molecule is COc1ncnc2c1nc(CCl)n2Cc1ccccc1. The van der Waals surface area contributed by atoms with E-state index in [1.54, 1.807) is 7.11 Å². The Bertz CT molecular complexity index is 727. The highest BCUT2D eigenvalue weighted by Gasteiger charge is 2.15. The van der Waals surface area contributed by atoms with E-state index in [-0.39, 0.29) is 0 Å². The van der Waals surface area contributed by atoms with Gasteiger partial charge in [-0.05, 0) is 5.56 Å². The van der Waals surface area contributed by atoms with Crippen molar-refractivity contribution in [2.75, 3.05) is 7.11 Å². The third kappa shape index (κ3) is 2.20. The number of benzene rings is 1. The van der Waals surface area contributed by atoms with Crippen LogP contribution in [0.5, 0.6) is 5.88 Å². The van der Waals surface area contributed by atoms with E-state index >= 15 is 0 Å². The van der Waals surface area contributed by atoms with Crippen molar-refractivity contribution in [3.05, 3.63) is 48.0 Å². The van der Waals surface area contributed by atoms with Crippen LogP contribution in [0.25, 0.3) is 11.2 Å². The first-order chi connectivity index (χ1) is 9.83. The Morgan fingerprint density at radius 3 is 2.70 bits per heavy atom. The number of imidazole rings is 1. The summed E-state index contributed by atoms with van der Waals surface area (Å²) < 4.78 is 7.21. The maximum atomic E-state index is 5.99. The molecule has 0 spiro atoms. The minimum Gasteiger partial charge on any atom is -0.479 e. The van der Waals surface area contributed by atoms with Gasteiger partial charge < -0.3 is 9.30 Å². The first kappa shape index (κ1) is 12.9. The van der Waals surface area contributed by atoms with Crippen molar-refractivity contribution in [3.8, 4) is 5.88 Å². The molecule has 3 aromatic rings. The molecule has 0 aliphatic rings. The summed E-state index contributed by atoms with van der Waals surface area (Å²) in [5, 5.41) is 0. The lowest BCUT2D eigenvalue weighted by Crippen LogP contribution is -2.04. The fraction of sp³-hybridized carbons (Fsp3) is 0.214. The molecule has 5 nitrogen and oxygen atoms in total. The number of halogens is 1. The molecule has 0 radical (unpaired) electrons. The van der Waals surface area contributed by atoms with Crippen LogP contribution in [0.3, 0.4) is 0 Å². The molecule has 0 aliphatic carbocycles. The molecular formula is C14H13ClN4O. The average Bonchev–Trinajstić information content (AvgIpc) is 2.86. The highest BCUT2D eigenvalue weighted by atomic mass is 35.5. The molecule has 0 saturated heterocycles. The van der Waals surface area contributed by atoms with Crippen LogP contribution in [0.15, 0.2) is 36.7 Å². The van der Waals surface area contributed by atoms with Gasteiger partial charge in [0.25, 0.3) is 0 Å². The summed E-state index contributed by atoms with van der Waals surface area (Å²) in [4.78, 5) is 12.9. The van der Waals surface area contributed by atoms with E-state index in [0.717, 1.165) is 17.0 Å². The molecule has 2 heterocycles. The lowest BCUT2D eigenvalue weighted by Gasteiger charge is -2.07. The van der Waals surface area contributed by atoms with Crippen LogP contribution < -0.4 is 4.74 Å². The number of nitrogens with zero attached hydrogens (tertiary/aromatic N) is 4. The van der Waals surface area contributed by atoms with Gasteiger partial charge in [0, 0.05) is 0 Å². The highest BCUT2D eigenvalue weighted by molar-refractivity contribution is 6.16. The number of hydrogen-bond acceptors (Lipinski definition) is 4. The Morgan fingerprint density at radius 2 is 2.00 bits per heavy atom. The highest BCUT2D eigenvalue weighted by Crippen LogP contribution is 2.23. The Labute approximate surface area is 121 Å². The molecule has 1 aromatic carbocycles. The van der Waals surface area contributed by atoms with Crippen LogP contribution in [-0.2, 0) is 12.4 Å². The molecular weight excluding hydrogens is 276 g/mol. The largest absolute Gasteiger partial charge is 0.479 e. The fourth-order valence-electron chi connectivity index (χ4n) is 2.14. The van der Waals surface area contributed by atoms with E-state index in [2.05, 4.69) is 27.1 Å². The summed E-state index contributed by atoms with van der Waals surface area (Å²) in [6, 6.07) is 10.1. The molecule has 0 unspecified atom stereocenters. The van der Waals surface area contributed by atoms with Gasteiger partial charge in [0.2, 0.25) is 5.88 Å². The van der Waals surface area contributed by atoms with Crippen molar-refractivity contribution in [1.29, 1.82) is 0 Å². The predicted molar refractivity (Wildman–Crippen MR) is 77.0 cm³/mol. The molecule has 0 amide bonds. The van der Waals surface area contributed by atoms with E-state index in [1.165, 1.54) is 6.33 Å². The van der Waals surface area contributed by atoms with Crippen LogP contribution in [0.1, 0.15) is 11.4 Å². The van der Waals surface area contributed by atoms with Gasteiger partial charge >= 0.3 is 0 Å². The molecule has 0 bridgehead atoms. The minimum atomic E-state index is 0.312. The van der Waals surface area contributed by atoms with Gasteiger partial charge in [0.05, 0.1) is 19.5 Å². The third-order valence-corrected chi connectivity index (χ3v) is 3.31. The van der Waals surface area contributed by atoms with Crippen molar-refractivity contribution in [2.24, 2.45) is 0 Å². The quantitative estimate of drug-likeness (QED) is 0.693. The minimum absolute atomic E-state index is 0.312. The normalized spacial score (nSPS) is 10.9. The predicted octanol–water partition coefficient (Wildman–Crippen LogP) is 2.62. The second-order valence-corrected chi connectivity index (χ2v) is 4.56. The fourth-order valence-corrected chi connectivity index (χ4v) is 2.35. The molecule has 0 N–H and O–H groups in total. The van der Waals surface area contributed by atoms with Gasteiger partial charge in [0.1, 0.15) is 12.2 Å². The second-order valence-electron chi connectivity index (χ2n) is 4.29. The second kappa shape index (κ2) is 5.46. The number of hydrogen-bond donors (Lipinski definition) is 0. The van der Waals surface area contributed by atoms with Crippen LogP contribution in [-0.4, -0.2) is 26.6 Å². The summed E-state index contributed by atoms with van der Waals surface area (Å²) >= 11 is 5.99. The lowest BCUT2D eigenvalue weighted by molar-refractivity contribution is 0.401. The smallest absolute Gasteiger partial charge is 0.245 e. The van der Waals surface area contributed by atoms with E-state index in [0.29, 0.717) is 23.8 Å². The number of ether oxygens (including phenoxy) is 1. The first-order valence-electron chi connectivity index (χ1n) is 6.17. The van der Waals surface area contributed by atoms with Crippen LogP contribution in [0.2, 0.25) is 0 Å². The maximum absolute atomic E-state index is 5.99. The van der Waals surface area contributed by atoms with Gasteiger partial charge in [-0.1, -0.05) is 30.3 Å². The van der Waals surface area contributed by atoms with E-state index in [4.69, 9.17) is 16.3 Å². The van der Waals surface area contributed by atoms with E-state index < -0.39 is 0 Å². The number of alkyl halides is 1. The van der Waals surface area contributed by atoms with Crippen molar-refractivity contribution >= 4 is 22.8 Å². The third-order valence-electron chi connectivity index (χ3n) is 3.07. The zero-order valence-electron chi connectivity index (χ0n) is 11.0. The summed E-state index contributed by atoms with van der Waals surface area (Å²) in [7, 11) is 1.57. The summed E-state index contributed by atoms with van der Waals surface area (Å²) in [6.45, 7) is 0.666. The van der Waals surface area contributed by atoms with E-state index in [9.17, 15) is 0 Å². The Balaban J connectivity index is 2.13. The molecule has 3 rings (SSSR count). The molecule has 0 saturated carbocycles. The van der Waals surface area contributed by atoms with Crippen molar-refractivity contribution in [1.82, 2.24) is 19.5 Å². The van der Waals surface area contributed by atoms with Crippen molar-refractivity contribution in [3.63, 3.8) is 0 Å². The summed E-state index contributed by atoms with van der Waals surface area (Å²) in [5.41, 5.74) is 2.54. The Hall–Kier alpha value is -2.14. The number of aromatic nitrogens is 4. The Kier molecular flexibility index (Phi) is 3.52. The molecule has 6 heteroatoms. The lowest BCUT2D eigenvalue weighted by atomic mass is 10.2. The summed E-state index contributed by atoms with van der Waals surface area (Å²) in [5.74, 6) is 1.53. The summed E-state index contributed by atoms with van der Waals surface area (Å²) in [6.07, 6.45) is 1.47. The van der Waals surface area contributed by atoms with Gasteiger partial charge in [-0.2, -0.15) is 4.98 Å². The van der Waals surface area contributed by atoms with Crippen LogP contribution in [0.4, 0.5) is 0 Å². The van der Waals surface area contributed by atoms with Crippen molar-refractivity contribution < 1.29 is 4.74 Å². The average molecular weight is 289 g/mol. The van der Waals surface area contributed by atoms with Gasteiger partial charge in [-0.3, -0.25) is 0 Å². The van der Waals surface area contributed by atoms with Gasteiger partial charge in [-0.15, -0.1) is 11.6 Å². The zero-order chi connectivity index (χ0) is 13.9.